The summed E-state index contributed by atoms with van der Waals surface area (Å²) in [5.74, 6) is 1.04. The monoisotopic (exact) mass is 186 g/mol. The van der Waals surface area contributed by atoms with Crippen LogP contribution in [0.15, 0.2) is 5.10 Å². The molecule has 0 fully saturated rings. The van der Waals surface area contributed by atoms with Crippen molar-refractivity contribution in [3.05, 3.63) is 0 Å². The van der Waals surface area contributed by atoms with Gasteiger partial charge in [-0.1, -0.05) is 33.6 Å². The Bertz CT molecular complexity index is 145. The van der Waals surface area contributed by atoms with Gasteiger partial charge in [-0.05, 0) is 6.42 Å². The van der Waals surface area contributed by atoms with Crippen molar-refractivity contribution in [1.82, 2.24) is 16.1 Å². The molecule has 4 heteroatoms. The molecular formula is C9H22N4. The van der Waals surface area contributed by atoms with E-state index < -0.39 is 0 Å². The van der Waals surface area contributed by atoms with Crippen LogP contribution in [0.3, 0.4) is 0 Å². The van der Waals surface area contributed by atoms with E-state index in [2.05, 4.69) is 23.0 Å². The van der Waals surface area contributed by atoms with Gasteiger partial charge in [-0.15, -0.1) is 10.2 Å². The van der Waals surface area contributed by atoms with Crippen LogP contribution in [0, 0.1) is 0 Å². The fourth-order valence-corrected chi connectivity index (χ4v) is 1.03. The maximum atomic E-state index is 4.07. The smallest absolute Gasteiger partial charge is 0.139 e. The summed E-state index contributed by atoms with van der Waals surface area (Å²) in [6, 6.07) is 0. The van der Waals surface area contributed by atoms with Crippen LogP contribution in [0.25, 0.3) is 0 Å². The molecule has 0 bridgehead atoms. The standard InChI is InChI=1S/C7H16N4.C2H6/c1-3-4-5-6-7-8-10-11(2)9-7;1-2/h10H,3-6H2,1-2H3,(H,8,9);1-2H3. The lowest BCUT2D eigenvalue weighted by atomic mass is 10.2. The van der Waals surface area contributed by atoms with E-state index in [4.69, 9.17) is 0 Å². The molecule has 78 valence electrons. The Labute approximate surface area is 81.3 Å². The topological polar surface area (TPSA) is 39.7 Å². The molecule has 0 aliphatic carbocycles. The summed E-state index contributed by atoms with van der Waals surface area (Å²) < 4.78 is 0. The minimum Gasteiger partial charge on any atom is -0.286 e. The van der Waals surface area contributed by atoms with Crippen LogP contribution in [0.4, 0.5) is 0 Å². The fraction of sp³-hybridized carbons (Fsp3) is 0.889. The zero-order chi connectivity index (χ0) is 10.1. The van der Waals surface area contributed by atoms with E-state index in [9.17, 15) is 0 Å². The predicted octanol–water partition coefficient (Wildman–Crippen LogP) is 1.86. The molecule has 4 nitrogen and oxygen atoms in total. The average molecular weight is 186 g/mol. The molecule has 0 amide bonds. The average Bonchev–Trinajstić information content (AvgIpc) is 2.56. The van der Waals surface area contributed by atoms with E-state index in [0.717, 1.165) is 12.3 Å². The Kier molecular flexibility index (Phi) is 7.39. The summed E-state index contributed by atoms with van der Waals surface area (Å²) in [6.07, 6.45) is 4.81. The van der Waals surface area contributed by atoms with Crippen LogP contribution in [0.1, 0.15) is 46.5 Å². The minimum absolute atomic E-state index is 1.04. The number of hydrogen-bond donors (Lipinski definition) is 2. The van der Waals surface area contributed by atoms with E-state index in [1.807, 2.05) is 20.9 Å². The van der Waals surface area contributed by atoms with Crippen molar-refractivity contribution in [1.29, 1.82) is 0 Å². The fourth-order valence-electron chi connectivity index (χ4n) is 1.03. The van der Waals surface area contributed by atoms with E-state index in [1.165, 1.54) is 19.3 Å². The van der Waals surface area contributed by atoms with Crippen molar-refractivity contribution in [2.45, 2.75) is 46.5 Å². The van der Waals surface area contributed by atoms with Gasteiger partial charge in [0.15, 0.2) is 0 Å². The first-order valence-corrected chi connectivity index (χ1v) is 5.15. The van der Waals surface area contributed by atoms with E-state index in [-0.39, 0.29) is 0 Å². The molecular weight excluding hydrogens is 164 g/mol. The Morgan fingerprint density at radius 1 is 1.31 bits per heavy atom. The normalized spacial score (nSPS) is 15.2. The molecule has 0 atom stereocenters. The minimum atomic E-state index is 1.04. The molecule has 0 saturated carbocycles. The first-order valence-electron chi connectivity index (χ1n) is 5.15. The van der Waals surface area contributed by atoms with Gasteiger partial charge in [-0.25, -0.2) is 5.53 Å². The molecule has 1 rings (SSSR count). The van der Waals surface area contributed by atoms with Crippen LogP contribution in [0.5, 0.6) is 0 Å². The van der Waals surface area contributed by atoms with Crippen LogP contribution in [-0.4, -0.2) is 18.0 Å². The van der Waals surface area contributed by atoms with E-state index in [1.54, 1.807) is 5.12 Å². The molecule has 0 aromatic carbocycles. The maximum Gasteiger partial charge on any atom is 0.139 e. The van der Waals surface area contributed by atoms with Crippen LogP contribution in [-0.2, 0) is 0 Å². The quantitative estimate of drug-likeness (QED) is 0.658. The molecule has 0 unspecified atom stereocenters. The molecule has 13 heavy (non-hydrogen) atoms. The molecule has 0 radical (unpaired) electrons. The second-order valence-electron chi connectivity index (χ2n) is 2.79. The lowest BCUT2D eigenvalue weighted by molar-refractivity contribution is 0.231. The lowest BCUT2D eigenvalue weighted by Crippen LogP contribution is -2.37. The number of nitrogens with one attached hydrogen (secondary N) is 2. The van der Waals surface area contributed by atoms with E-state index in [0.29, 0.717) is 0 Å². The van der Waals surface area contributed by atoms with Crippen molar-refractivity contribution in [2.24, 2.45) is 5.10 Å². The van der Waals surface area contributed by atoms with Crippen molar-refractivity contribution >= 4 is 5.84 Å². The Morgan fingerprint density at radius 2 is 2.00 bits per heavy atom. The first kappa shape index (κ1) is 12.2. The second-order valence-corrected chi connectivity index (χ2v) is 2.79. The van der Waals surface area contributed by atoms with Gasteiger partial charge >= 0.3 is 0 Å². The van der Waals surface area contributed by atoms with Crippen molar-refractivity contribution in [2.75, 3.05) is 7.05 Å². The molecule has 1 aliphatic rings. The highest BCUT2D eigenvalue weighted by Crippen LogP contribution is 2.00. The van der Waals surface area contributed by atoms with Gasteiger partial charge in [0.1, 0.15) is 5.84 Å². The summed E-state index contributed by atoms with van der Waals surface area (Å²) in [5.41, 5.74) is 5.89. The van der Waals surface area contributed by atoms with Crippen LogP contribution >= 0.6 is 0 Å². The molecule has 2 N–H and O–H groups in total. The maximum absolute atomic E-state index is 4.07. The lowest BCUT2D eigenvalue weighted by Gasteiger charge is -2.07. The summed E-state index contributed by atoms with van der Waals surface area (Å²) >= 11 is 0. The SMILES string of the molecule is CC.CCCCCC1=NNN(C)N1. The summed E-state index contributed by atoms with van der Waals surface area (Å²) in [6.45, 7) is 6.20. The van der Waals surface area contributed by atoms with Gasteiger partial charge in [0.2, 0.25) is 0 Å². The van der Waals surface area contributed by atoms with Crippen molar-refractivity contribution < 1.29 is 0 Å². The van der Waals surface area contributed by atoms with Crippen molar-refractivity contribution in [3.63, 3.8) is 0 Å². The zero-order valence-electron chi connectivity index (χ0n) is 9.22. The molecule has 1 aliphatic heterocycles. The third kappa shape index (κ3) is 5.47. The number of hydrogen-bond acceptors (Lipinski definition) is 4. The molecule has 0 spiro atoms. The van der Waals surface area contributed by atoms with Gasteiger partial charge in [-0.3, -0.25) is 5.43 Å². The number of amidine groups is 1. The molecule has 0 saturated heterocycles. The number of unbranched alkanes of at least 4 members (excludes halogenated alkanes) is 2. The highest BCUT2D eigenvalue weighted by atomic mass is 15.9. The zero-order valence-corrected chi connectivity index (χ0v) is 9.22. The predicted molar refractivity (Wildman–Crippen MR) is 57.0 cm³/mol. The third-order valence-electron chi connectivity index (χ3n) is 1.65. The Morgan fingerprint density at radius 3 is 2.46 bits per heavy atom. The molecule has 0 aromatic heterocycles. The number of rotatable bonds is 4. The highest BCUT2D eigenvalue weighted by Gasteiger charge is 2.07. The van der Waals surface area contributed by atoms with Crippen LogP contribution < -0.4 is 11.0 Å². The largest absolute Gasteiger partial charge is 0.286 e. The summed E-state index contributed by atoms with van der Waals surface area (Å²) in [7, 11) is 1.90. The second kappa shape index (κ2) is 7.86. The molecule has 0 aromatic rings. The summed E-state index contributed by atoms with van der Waals surface area (Å²) in [5, 5.41) is 5.82. The summed E-state index contributed by atoms with van der Waals surface area (Å²) in [4.78, 5) is 0. The van der Waals surface area contributed by atoms with Gasteiger partial charge in [0, 0.05) is 13.5 Å². The van der Waals surface area contributed by atoms with Crippen LogP contribution in [0.2, 0.25) is 0 Å². The number of hydrazine groups is 2. The highest BCUT2D eigenvalue weighted by molar-refractivity contribution is 5.82. The number of hydrazone groups is 1. The number of nitrogens with zero attached hydrogens (tertiary/aromatic N) is 2. The Balaban J connectivity index is 0.000000671. The Hall–Kier alpha value is -0.770. The van der Waals surface area contributed by atoms with Gasteiger partial charge < -0.3 is 0 Å². The van der Waals surface area contributed by atoms with Gasteiger partial charge in [-0.2, -0.15) is 0 Å². The third-order valence-corrected chi connectivity index (χ3v) is 1.65. The first-order chi connectivity index (χ1) is 6.33. The van der Waals surface area contributed by atoms with E-state index >= 15 is 0 Å². The van der Waals surface area contributed by atoms with Crippen molar-refractivity contribution in [3.8, 4) is 0 Å². The van der Waals surface area contributed by atoms with Gasteiger partial charge in [0.25, 0.3) is 0 Å². The van der Waals surface area contributed by atoms with Gasteiger partial charge in [0.05, 0.1) is 0 Å². The molecule has 1 heterocycles.